The average molecular weight is 228 g/mol. The van der Waals surface area contributed by atoms with E-state index in [2.05, 4.69) is 5.16 Å². The Morgan fingerprint density at radius 2 is 2.40 bits per heavy atom. The van der Waals surface area contributed by atoms with Crippen molar-refractivity contribution in [2.45, 2.75) is 6.10 Å². The van der Waals surface area contributed by atoms with Crippen molar-refractivity contribution < 1.29 is 14.4 Å². The summed E-state index contributed by atoms with van der Waals surface area (Å²) in [7, 11) is 0. The third-order valence-electron chi connectivity index (χ3n) is 1.95. The molecule has 0 fully saturated rings. The molecule has 0 aliphatic heterocycles. The summed E-state index contributed by atoms with van der Waals surface area (Å²) in [5, 5.41) is 13.8. The topological polar surface area (TPSA) is 55.5 Å². The quantitative estimate of drug-likeness (QED) is 0.810. The molecule has 1 aromatic carbocycles. The van der Waals surface area contributed by atoms with Crippen LogP contribution >= 0.6 is 11.6 Å². The van der Waals surface area contributed by atoms with Gasteiger partial charge in [0.15, 0.2) is 5.58 Å². The Labute approximate surface area is 91.4 Å². The monoisotopic (exact) mass is 227 g/mol. The highest BCUT2D eigenvalue weighted by Gasteiger charge is 2.05. The van der Waals surface area contributed by atoms with E-state index in [0.717, 1.165) is 5.39 Å². The highest BCUT2D eigenvalue weighted by Crippen LogP contribution is 2.20. The predicted octanol–water partition coefficient (Wildman–Crippen LogP) is 1.81. The summed E-state index contributed by atoms with van der Waals surface area (Å²) in [6.45, 7) is 0.170. The number of aliphatic hydroxyl groups excluding tert-OH is 1. The number of hydrogen-bond acceptors (Lipinski definition) is 4. The second-order valence-corrected chi connectivity index (χ2v) is 3.45. The van der Waals surface area contributed by atoms with Crippen LogP contribution in [0, 0.1) is 0 Å². The number of nitrogens with zero attached hydrogens (tertiary/aromatic N) is 1. The van der Waals surface area contributed by atoms with E-state index in [1.165, 1.54) is 0 Å². The van der Waals surface area contributed by atoms with Crippen LogP contribution in [0.3, 0.4) is 0 Å². The standard InChI is InChI=1S/C10H10ClNO3/c11-4-8(13)6-14-9-2-1-7-5-12-15-10(7)3-9/h1-3,5,8,13H,4,6H2. The second kappa shape index (κ2) is 4.51. The van der Waals surface area contributed by atoms with Gasteiger partial charge in [-0.25, -0.2) is 0 Å². The van der Waals surface area contributed by atoms with Crippen molar-refractivity contribution in [3.8, 4) is 5.75 Å². The Kier molecular flexibility index (Phi) is 3.08. The van der Waals surface area contributed by atoms with Crippen molar-refractivity contribution in [1.82, 2.24) is 5.16 Å². The zero-order valence-electron chi connectivity index (χ0n) is 7.89. The van der Waals surface area contributed by atoms with E-state index in [1.807, 2.05) is 6.07 Å². The van der Waals surface area contributed by atoms with Gasteiger partial charge in [0.1, 0.15) is 18.5 Å². The molecule has 15 heavy (non-hydrogen) atoms. The summed E-state index contributed by atoms with van der Waals surface area (Å²) in [5.74, 6) is 0.785. The Morgan fingerprint density at radius 1 is 1.53 bits per heavy atom. The lowest BCUT2D eigenvalue weighted by atomic mass is 10.2. The second-order valence-electron chi connectivity index (χ2n) is 3.14. The molecule has 4 nitrogen and oxygen atoms in total. The van der Waals surface area contributed by atoms with Crippen LogP contribution in [-0.2, 0) is 0 Å². The first-order valence-corrected chi connectivity index (χ1v) is 5.04. The molecule has 1 heterocycles. The molecule has 1 unspecified atom stereocenters. The van der Waals surface area contributed by atoms with Crippen molar-refractivity contribution >= 4 is 22.6 Å². The minimum atomic E-state index is -0.655. The SMILES string of the molecule is OC(CCl)COc1ccc2cnoc2c1. The number of rotatable bonds is 4. The lowest BCUT2D eigenvalue weighted by molar-refractivity contribution is 0.125. The Morgan fingerprint density at radius 3 is 3.20 bits per heavy atom. The summed E-state index contributed by atoms with van der Waals surface area (Å²) in [4.78, 5) is 0. The molecule has 0 amide bonds. The molecular weight excluding hydrogens is 218 g/mol. The summed E-state index contributed by atoms with van der Waals surface area (Å²) in [5.41, 5.74) is 0.660. The Hall–Kier alpha value is -1.26. The summed E-state index contributed by atoms with van der Waals surface area (Å²) in [6.07, 6.45) is 0.976. The number of benzene rings is 1. The summed E-state index contributed by atoms with van der Waals surface area (Å²) in [6, 6.07) is 5.36. The highest BCUT2D eigenvalue weighted by atomic mass is 35.5. The van der Waals surface area contributed by atoms with Crippen molar-refractivity contribution in [2.24, 2.45) is 0 Å². The van der Waals surface area contributed by atoms with Gasteiger partial charge in [-0.05, 0) is 12.1 Å². The van der Waals surface area contributed by atoms with E-state index in [1.54, 1.807) is 18.3 Å². The largest absolute Gasteiger partial charge is 0.491 e. The lowest BCUT2D eigenvalue weighted by Gasteiger charge is -2.08. The maximum atomic E-state index is 9.20. The van der Waals surface area contributed by atoms with E-state index in [9.17, 15) is 5.11 Å². The molecule has 1 aromatic heterocycles. The number of halogens is 1. The highest BCUT2D eigenvalue weighted by molar-refractivity contribution is 6.18. The van der Waals surface area contributed by atoms with Gasteiger partial charge in [-0.15, -0.1) is 11.6 Å². The number of ether oxygens (including phenoxy) is 1. The third-order valence-corrected chi connectivity index (χ3v) is 2.30. The van der Waals surface area contributed by atoms with Crippen molar-refractivity contribution in [2.75, 3.05) is 12.5 Å². The average Bonchev–Trinajstić information content (AvgIpc) is 2.72. The van der Waals surface area contributed by atoms with Gasteiger partial charge in [-0.2, -0.15) is 0 Å². The molecule has 1 N–H and O–H groups in total. The van der Waals surface area contributed by atoms with E-state index in [0.29, 0.717) is 11.3 Å². The van der Waals surface area contributed by atoms with Crippen LogP contribution in [0.1, 0.15) is 0 Å². The number of aromatic nitrogens is 1. The van der Waals surface area contributed by atoms with Crippen molar-refractivity contribution in [1.29, 1.82) is 0 Å². The predicted molar refractivity (Wildman–Crippen MR) is 56.2 cm³/mol. The summed E-state index contributed by atoms with van der Waals surface area (Å²) >= 11 is 5.44. The number of aliphatic hydroxyl groups is 1. The maximum absolute atomic E-state index is 9.20. The molecule has 2 rings (SSSR count). The molecular formula is C10H10ClNO3. The van der Waals surface area contributed by atoms with E-state index < -0.39 is 6.10 Å². The minimum absolute atomic E-state index is 0.157. The number of alkyl halides is 1. The fraction of sp³-hybridized carbons (Fsp3) is 0.300. The van der Waals surface area contributed by atoms with Crippen molar-refractivity contribution in [3.63, 3.8) is 0 Å². The minimum Gasteiger partial charge on any atom is -0.491 e. The van der Waals surface area contributed by atoms with Crippen LogP contribution in [0.4, 0.5) is 0 Å². The van der Waals surface area contributed by atoms with E-state index in [4.69, 9.17) is 20.9 Å². The zero-order chi connectivity index (χ0) is 10.7. The van der Waals surface area contributed by atoms with Gasteiger partial charge in [0.2, 0.25) is 0 Å². The van der Waals surface area contributed by atoms with Gasteiger partial charge < -0.3 is 14.4 Å². The van der Waals surface area contributed by atoms with Gasteiger partial charge >= 0.3 is 0 Å². The fourth-order valence-corrected chi connectivity index (χ4v) is 1.26. The Balaban J connectivity index is 2.08. The summed E-state index contributed by atoms with van der Waals surface area (Å²) < 4.78 is 10.3. The molecule has 0 radical (unpaired) electrons. The number of hydrogen-bond donors (Lipinski definition) is 1. The van der Waals surface area contributed by atoms with Crippen LogP contribution in [0.5, 0.6) is 5.75 Å². The van der Waals surface area contributed by atoms with Crippen LogP contribution in [0.25, 0.3) is 11.0 Å². The fourth-order valence-electron chi connectivity index (χ4n) is 1.17. The molecule has 0 saturated carbocycles. The van der Waals surface area contributed by atoms with Gasteiger partial charge in [0, 0.05) is 11.5 Å². The van der Waals surface area contributed by atoms with Crippen LogP contribution in [-0.4, -0.2) is 28.9 Å². The van der Waals surface area contributed by atoms with Gasteiger partial charge in [-0.3, -0.25) is 0 Å². The van der Waals surface area contributed by atoms with Crippen LogP contribution in [0.2, 0.25) is 0 Å². The Bertz CT molecular complexity index is 443. The maximum Gasteiger partial charge on any atom is 0.170 e. The third kappa shape index (κ3) is 2.40. The number of fused-ring (bicyclic) bond motifs is 1. The van der Waals surface area contributed by atoms with Gasteiger partial charge in [0.05, 0.1) is 12.1 Å². The molecule has 0 bridgehead atoms. The van der Waals surface area contributed by atoms with Crippen LogP contribution in [0.15, 0.2) is 28.9 Å². The molecule has 0 aliphatic rings. The lowest BCUT2D eigenvalue weighted by Crippen LogP contribution is -2.18. The van der Waals surface area contributed by atoms with E-state index >= 15 is 0 Å². The molecule has 2 aromatic rings. The normalized spacial score (nSPS) is 12.9. The zero-order valence-corrected chi connectivity index (χ0v) is 8.65. The molecule has 80 valence electrons. The van der Waals surface area contributed by atoms with E-state index in [-0.39, 0.29) is 12.5 Å². The van der Waals surface area contributed by atoms with Crippen LogP contribution < -0.4 is 4.74 Å². The molecule has 0 spiro atoms. The molecule has 0 saturated heterocycles. The van der Waals surface area contributed by atoms with Gasteiger partial charge in [-0.1, -0.05) is 5.16 Å². The first-order valence-electron chi connectivity index (χ1n) is 4.51. The molecule has 0 aliphatic carbocycles. The molecule has 5 heteroatoms. The van der Waals surface area contributed by atoms with Crippen molar-refractivity contribution in [3.05, 3.63) is 24.4 Å². The molecule has 1 atom stereocenters. The smallest absolute Gasteiger partial charge is 0.170 e. The van der Waals surface area contributed by atoms with Gasteiger partial charge in [0.25, 0.3) is 0 Å². The first-order chi connectivity index (χ1) is 7.29. The first kappa shape index (κ1) is 10.3.